The van der Waals surface area contributed by atoms with E-state index in [1.54, 1.807) is 12.0 Å². The number of nitrogens with zero attached hydrogens (tertiary/aromatic N) is 1. The van der Waals surface area contributed by atoms with E-state index in [0.29, 0.717) is 6.42 Å². The second kappa shape index (κ2) is 4.51. The van der Waals surface area contributed by atoms with Crippen molar-refractivity contribution in [2.24, 2.45) is 0 Å². The van der Waals surface area contributed by atoms with Gasteiger partial charge in [0.25, 0.3) is 0 Å². The molecule has 0 aromatic heterocycles. The van der Waals surface area contributed by atoms with E-state index in [0.717, 1.165) is 11.3 Å². The fourth-order valence-electron chi connectivity index (χ4n) is 3.16. The van der Waals surface area contributed by atoms with Crippen molar-refractivity contribution in [1.29, 1.82) is 0 Å². The Hall–Kier alpha value is -1.59. The molecule has 0 radical (unpaired) electrons. The maximum atomic E-state index is 11.9. The molecule has 2 aliphatic heterocycles. The third-order valence-electron chi connectivity index (χ3n) is 4.16. The van der Waals surface area contributed by atoms with E-state index in [9.17, 15) is 15.0 Å². The van der Waals surface area contributed by atoms with E-state index in [2.05, 4.69) is 0 Å². The van der Waals surface area contributed by atoms with E-state index in [4.69, 9.17) is 4.74 Å². The molecular weight excluding hydrogens is 246 g/mol. The van der Waals surface area contributed by atoms with Crippen molar-refractivity contribution < 1.29 is 19.7 Å². The summed E-state index contributed by atoms with van der Waals surface area (Å²) in [5, 5.41) is 19.8. The molecule has 102 valence electrons. The van der Waals surface area contributed by atoms with Crippen LogP contribution in [0, 0.1) is 0 Å². The minimum atomic E-state index is -0.862. The maximum absolute atomic E-state index is 11.9. The highest BCUT2D eigenvalue weighted by Gasteiger charge is 2.51. The molecule has 0 bridgehead atoms. The van der Waals surface area contributed by atoms with Gasteiger partial charge in [-0.1, -0.05) is 12.1 Å². The van der Waals surface area contributed by atoms with Crippen LogP contribution in [-0.4, -0.2) is 52.9 Å². The maximum Gasteiger partial charge on any atom is 0.223 e. The van der Waals surface area contributed by atoms with Crippen molar-refractivity contribution in [1.82, 2.24) is 4.90 Å². The lowest BCUT2D eigenvalue weighted by atomic mass is 9.88. The van der Waals surface area contributed by atoms with Crippen molar-refractivity contribution in [2.75, 3.05) is 13.7 Å². The molecule has 2 aliphatic rings. The molecule has 2 fully saturated rings. The van der Waals surface area contributed by atoms with Crippen LogP contribution in [-0.2, 0) is 4.79 Å². The van der Waals surface area contributed by atoms with Crippen LogP contribution < -0.4 is 4.74 Å². The van der Waals surface area contributed by atoms with Crippen LogP contribution in [0.4, 0.5) is 0 Å². The van der Waals surface area contributed by atoms with Crippen LogP contribution in [0.3, 0.4) is 0 Å². The van der Waals surface area contributed by atoms with Crippen LogP contribution in [0.2, 0.25) is 0 Å². The van der Waals surface area contributed by atoms with Crippen LogP contribution >= 0.6 is 0 Å². The summed E-state index contributed by atoms with van der Waals surface area (Å²) in [6.45, 7) is 0.233. The van der Waals surface area contributed by atoms with Gasteiger partial charge in [0.15, 0.2) is 0 Å². The highest BCUT2D eigenvalue weighted by Crippen LogP contribution is 2.40. The molecule has 2 N–H and O–H groups in total. The van der Waals surface area contributed by atoms with Gasteiger partial charge >= 0.3 is 0 Å². The molecule has 1 aromatic carbocycles. The van der Waals surface area contributed by atoms with Gasteiger partial charge in [-0.05, 0) is 17.7 Å². The highest BCUT2D eigenvalue weighted by atomic mass is 16.5. The first-order chi connectivity index (χ1) is 9.11. The summed E-state index contributed by atoms with van der Waals surface area (Å²) >= 11 is 0. The van der Waals surface area contributed by atoms with Gasteiger partial charge < -0.3 is 19.8 Å². The van der Waals surface area contributed by atoms with Crippen molar-refractivity contribution >= 4 is 5.91 Å². The number of amides is 1. The molecule has 0 spiro atoms. The second-order valence-electron chi connectivity index (χ2n) is 5.18. The van der Waals surface area contributed by atoms with E-state index in [1.165, 1.54) is 0 Å². The first kappa shape index (κ1) is 12.4. The Bertz CT molecular complexity index is 487. The van der Waals surface area contributed by atoms with Gasteiger partial charge in [-0.15, -0.1) is 0 Å². The fraction of sp³-hybridized carbons (Fsp3) is 0.500. The number of benzene rings is 1. The number of aliphatic hydroxyl groups is 2. The summed E-state index contributed by atoms with van der Waals surface area (Å²) in [7, 11) is 1.60. The smallest absolute Gasteiger partial charge is 0.223 e. The molecule has 4 atom stereocenters. The van der Waals surface area contributed by atoms with Gasteiger partial charge in [0.05, 0.1) is 19.3 Å². The lowest BCUT2D eigenvalue weighted by Crippen LogP contribution is -2.35. The molecule has 2 saturated heterocycles. The minimum absolute atomic E-state index is 0.00131. The standard InChI is InChI=1S/C14H17NO4/c1-19-9-4-2-8(3-5-9)10-6-12(17)15-7-11(16)14(18)13(10)15/h2-5,10-11,13-14,16,18H,6-7H2,1H3/t10-,11+,13+,14-/m1/s1. The molecule has 5 heteroatoms. The highest BCUT2D eigenvalue weighted by molar-refractivity contribution is 5.81. The molecule has 1 aromatic rings. The summed E-state index contributed by atoms with van der Waals surface area (Å²) in [5.74, 6) is 0.698. The third kappa shape index (κ3) is 1.89. The Labute approximate surface area is 111 Å². The van der Waals surface area contributed by atoms with Gasteiger partial charge in [0.1, 0.15) is 11.9 Å². The molecule has 0 saturated carbocycles. The van der Waals surface area contributed by atoms with Gasteiger partial charge in [-0.3, -0.25) is 4.79 Å². The quantitative estimate of drug-likeness (QED) is 0.795. The number of rotatable bonds is 2. The molecule has 2 heterocycles. The van der Waals surface area contributed by atoms with Crippen LogP contribution in [0.1, 0.15) is 17.9 Å². The number of hydrogen-bond acceptors (Lipinski definition) is 4. The third-order valence-corrected chi connectivity index (χ3v) is 4.16. The monoisotopic (exact) mass is 263 g/mol. The van der Waals surface area contributed by atoms with Gasteiger partial charge in [-0.2, -0.15) is 0 Å². The first-order valence-electron chi connectivity index (χ1n) is 6.41. The van der Waals surface area contributed by atoms with Crippen molar-refractivity contribution in [2.45, 2.75) is 30.6 Å². The summed E-state index contributed by atoms with van der Waals surface area (Å²) in [4.78, 5) is 13.5. The SMILES string of the molecule is COc1ccc([C@H]2CC(=O)N3C[C@H](O)[C@@H](O)[C@H]23)cc1. The Balaban J connectivity index is 1.89. The van der Waals surface area contributed by atoms with Crippen LogP contribution in [0.5, 0.6) is 5.75 Å². The fourth-order valence-corrected chi connectivity index (χ4v) is 3.16. The van der Waals surface area contributed by atoms with Crippen molar-refractivity contribution in [3.63, 3.8) is 0 Å². The lowest BCUT2D eigenvalue weighted by molar-refractivity contribution is -0.128. The van der Waals surface area contributed by atoms with E-state index in [-0.39, 0.29) is 24.4 Å². The molecule has 0 unspecified atom stereocenters. The number of methoxy groups -OCH3 is 1. The molecular formula is C14H17NO4. The molecule has 5 nitrogen and oxygen atoms in total. The molecule has 19 heavy (non-hydrogen) atoms. The van der Waals surface area contributed by atoms with Crippen LogP contribution in [0.25, 0.3) is 0 Å². The number of hydrogen-bond donors (Lipinski definition) is 2. The Morgan fingerprint density at radius 1 is 1.26 bits per heavy atom. The van der Waals surface area contributed by atoms with Crippen LogP contribution in [0.15, 0.2) is 24.3 Å². The number of aliphatic hydroxyl groups excluding tert-OH is 2. The van der Waals surface area contributed by atoms with Gasteiger partial charge in [0, 0.05) is 18.9 Å². The van der Waals surface area contributed by atoms with Gasteiger partial charge in [-0.25, -0.2) is 0 Å². The van der Waals surface area contributed by atoms with Gasteiger partial charge in [0.2, 0.25) is 5.91 Å². The summed E-state index contributed by atoms with van der Waals surface area (Å²) in [6.07, 6.45) is -1.31. The van der Waals surface area contributed by atoms with Crippen molar-refractivity contribution in [3.05, 3.63) is 29.8 Å². The summed E-state index contributed by atoms with van der Waals surface area (Å²) in [6, 6.07) is 7.21. The summed E-state index contributed by atoms with van der Waals surface area (Å²) < 4.78 is 5.11. The predicted octanol–water partition coefficient (Wildman–Crippen LogP) is 0.115. The van der Waals surface area contributed by atoms with E-state index < -0.39 is 12.2 Å². The normalized spacial score (nSPS) is 33.6. The van der Waals surface area contributed by atoms with E-state index in [1.807, 2.05) is 24.3 Å². The average Bonchev–Trinajstić information content (AvgIpc) is 2.90. The zero-order valence-electron chi connectivity index (χ0n) is 10.7. The molecule has 1 amide bonds. The average molecular weight is 263 g/mol. The topological polar surface area (TPSA) is 70.0 Å². The number of carbonyl (C=O) groups is 1. The lowest BCUT2D eigenvalue weighted by Gasteiger charge is -2.23. The first-order valence-corrected chi connectivity index (χ1v) is 6.41. The number of carbonyl (C=O) groups excluding carboxylic acids is 1. The zero-order valence-corrected chi connectivity index (χ0v) is 10.7. The molecule has 3 rings (SSSR count). The zero-order chi connectivity index (χ0) is 13.6. The summed E-state index contributed by atoms with van der Waals surface area (Å²) in [5.41, 5.74) is 0.995. The second-order valence-corrected chi connectivity index (χ2v) is 5.18. The molecule has 0 aliphatic carbocycles. The Morgan fingerprint density at radius 3 is 2.58 bits per heavy atom. The number of ether oxygens (including phenoxy) is 1. The van der Waals surface area contributed by atoms with E-state index >= 15 is 0 Å². The predicted molar refractivity (Wildman–Crippen MR) is 67.9 cm³/mol. The largest absolute Gasteiger partial charge is 0.497 e. The Morgan fingerprint density at radius 2 is 1.95 bits per heavy atom. The van der Waals surface area contributed by atoms with Crippen molar-refractivity contribution in [3.8, 4) is 5.75 Å². The Kier molecular flexibility index (Phi) is 2.95. The number of fused-ring (bicyclic) bond motifs is 1. The minimum Gasteiger partial charge on any atom is -0.497 e.